The van der Waals surface area contributed by atoms with Crippen LogP contribution in [0.25, 0.3) is 11.1 Å². The van der Waals surface area contributed by atoms with Gasteiger partial charge in [0.25, 0.3) is 0 Å². The molecule has 0 amide bonds. The van der Waals surface area contributed by atoms with Crippen molar-refractivity contribution in [2.45, 2.75) is 6.10 Å². The Morgan fingerprint density at radius 1 is 0.947 bits per heavy atom. The molecule has 2 aromatic carbocycles. The monoisotopic (exact) mass is 257 g/mol. The third-order valence-corrected chi connectivity index (χ3v) is 3.39. The third kappa shape index (κ3) is 2.83. The van der Waals surface area contributed by atoms with Gasteiger partial charge in [-0.25, -0.2) is 4.39 Å². The molecule has 3 rings (SSSR count). The van der Waals surface area contributed by atoms with Crippen LogP contribution in [0.15, 0.2) is 48.5 Å². The first-order chi connectivity index (χ1) is 9.33. The molecular weight excluding hydrogens is 241 g/mol. The van der Waals surface area contributed by atoms with Crippen LogP contribution < -0.4 is 5.32 Å². The molecule has 0 bridgehead atoms. The number of morpholine rings is 1. The molecule has 1 atom stereocenters. The molecule has 0 radical (unpaired) electrons. The van der Waals surface area contributed by atoms with Crippen LogP contribution >= 0.6 is 0 Å². The van der Waals surface area contributed by atoms with Crippen molar-refractivity contribution in [2.75, 3.05) is 19.7 Å². The molecule has 0 saturated carbocycles. The van der Waals surface area contributed by atoms with Gasteiger partial charge in [-0.1, -0.05) is 36.4 Å². The van der Waals surface area contributed by atoms with Crippen molar-refractivity contribution < 1.29 is 9.13 Å². The van der Waals surface area contributed by atoms with Crippen molar-refractivity contribution in [3.05, 3.63) is 59.9 Å². The van der Waals surface area contributed by atoms with Crippen LogP contribution in [0.2, 0.25) is 0 Å². The molecule has 2 nitrogen and oxygen atoms in total. The minimum Gasteiger partial charge on any atom is -0.371 e. The number of rotatable bonds is 2. The van der Waals surface area contributed by atoms with Gasteiger partial charge in [0.1, 0.15) is 5.82 Å². The fourth-order valence-electron chi connectivity index (χ4n) is 2.31. The van der Waals surface area contributed by atoms with E-state index in [-0.39, 0.29) is 11.9 Å². The molecule has 1 saturated heterocycles. The van der Waals surface area contributed by atoms with Crippen molar-refractivity contribution in [1.29, 1.82) is 0 Å². The predicted octanol–water partition coefficient (Wildman–Crippen LogP) is 3.15. The first-order valence-corrected chi connectivity index (χ1v) is 6.51. The van der Waals surface area contributed by atoms with E-state index < -0.39 is 0 Å². The van der Waals surface area contributed by atoms with Crippen LogP contribution in [0.4, 0.5) is 4.39 Å². The van der Waals surface area contributed by atoms with Crippen LogP contribution in [0.3, 0.4) is 0 Å². The number of ether oxygens (including phenoxy) is 1. The average molecular weight is 257 g/mol. The van der Waals surface area contributed by atoms with E-state index in [9.17, 15) is 4.39 Å². The van der Waals surface area contributed by atoms with Crippen LogP contribution in [0, 0.1) is 5.82 Å². The summed E-state index contributed by atoms with van der Waals surface area (Å²) in [6.45, 7) is 2.53. The molecule has 1 unspecified atom stereocenters. The second kappa shape index (κ2) is 5.51. The predicted molar refractivity (Wildman–Crippen MR) is 73.4 cm³/mol. The lowest BCUT2D eigenvalue weighted by Gasteiger charge is -2.24. The molecule has 1 heterocycles. The van der Waals surface area contributed by atoms with E-state index >= 15 is 0 Å². The van der Waals surface area contributed by atoms with Crippen molar-refractivity contribution >= 4 is 0 Å². The van der Waals surface area contributed by atoms with E-state index in [2.05, 4.69) is 29.6 Å². The zero-order chi connectivity index (χ0) is 13.1. The summed E-state index contributed by atoms with van der Waals surface area (Å²) in [6.07, 6.45) is 0.135. The summed E-state index contributed by atoms with van der Waals surface area (Å²) in [4.78, 5) is 0. The highest BCUT2D eigenvalue weighted by molar-refractivity contribution is 5.63. The van der Waals surface area contributed by atoms with Crippen LogP contribution in [0.1, 0.15) is 11.7 Å². The molecule has 1 fully saturated rings. The Morgan fingerprint density at radius 2 is 1.58 bits per heavy atom. The number of hydrogen-bond donors (Lipinski definition) is 1. The van der Waals surface area contributed by atoms with Crippen molar-refractivity contribution in [3.8, 4) is 11.1 Å². The quantitative estimate of drug-likeness (QED) is 0.892. The first kappa shape index (κ1) is 12.3. The smallest absolute Gasteiger partial charge is 0.123 e. The average Bonchev–Trinajstić information content (AvgIpc) is 2.49. The molecule has 1 aliphatic heterocycles. The highest BCUT2D eigenvalue weighted by Crippen LogP contribution is 2.24. The number of benzene rings is 2. The van der Waals surface area contributed by atoms with Crippen molar-refractivity contribution in [3.63, 3.8) is 0 Å². The highest BCUT2D eigenvalue weighted by atomic mass is 19.1. The Balaban J connectivity index is 1.80. The molecular formula is C16H16FNO. The number of hydrogen-bond acceptors (Lipinski definition) is 2. The third-order valence-electron chi connectivity index (χ3n) is 3.39. The fraction of sp³-hybridized carbons (Fsp3) is 0.250. The number of nitrogens with one attached hydrogen (secondary N) is 1. The molecule has 3 heteroatoms. The van der Waals surface area contributed by atoms with E-state index in [0.717, 1.165) is 30.8 Å². The van der Waals surface area contributed by atoms with Gasteiger partial charge in [0, 0.05) is 13.1 Å². The number of halogens is 1. The summed E-state index contributed by atoms with van der Waals surface area (Å²) >= 11 is 0. The van der Waals surface area contributed by atoms with Gasteiger partial charge in [-0.15, -0.1) is 0 Å². The van der Waals surface area contributed by atoms with Crippen molar-refractivity contribution in [2.24, 2.45) is 0 Å². The van der Waals surface area contributed by atoms with Crippen LogP contribution in [0.5, 0.6) is 0 Å². The minimum absolute atomic E-state index is 0.135. The van der Waals surface area contributed by atoms with Gasteiger partial charge in [-0.2, -0.15) is 0 Å². The molecule has 0 spiro atoms. The molecule has 1 aliphatic rings. The van der Waals surface area contributed by atoms with E-state index in [4.69, 9.17) is 4.74 Å². The maximum absolute atomic E-state index is 12.9. The summed E-state index contributed by atoms with van der Waals surface area (Å²) in [5.41, 5.74) is 3.29. The standard InChI is InChI=1S/C16H16FNO/c17-15-7-5-13(6-8-15)12-1-3-14(4-2-12)16-11-18-9-10-19-16/h1-8,16,18H,9-11H2. The van der Waals surface area contributed by atoms with E-state index in [1.165, 1.54) is 17.7 Å². The minimum atomic E-state index is -0.206. The topological polar surface area (TPSA) is 21.3 Å². The fourth-order valence-corrected chi connectivity index (χ4v) is 2.31. The van der Waals surface area contributed by atoms with Crippen LogP contribution in [-0.4, -0.2) is 19.7 Å². The van der Waals surface area contributed by atoms with E-state index in [1.54, 1.807) is 12.1 Å². The Kier molecular flexibility index (Phi) is 3.58. The summed E-state index contributed by atoms with van der Waals surface area (Å²) < 4.78 is 18.6. The summed E-state index contributed by atoms with van der Waals surface area (Å²) in [6, 6.07) is 14.8. The van der Waals surface area contributed by atoms with Gasteiger partial charge in [0.05, 0.1) is 12.7 Å². The zero-order valence-corrected chi connectivity index (χ0v) is 10.6. The molecule has 19 heavy (non-hydrogen) atoms. The first-order valence-electron chi connectivity index (χ1n) is 6.51. The summed E-state index contributed by atoms with van der Waals surface area (Å²) in [5, 5.41) is 3.32. The zero-order valence-electron chi connectivity index (χ0n) is 10.6. The maximum Gasteiger partial charge on any atom is 0.123 e. The van der Waals surface area contributed by atoms with Gasteiger partial charge in [-0.3, -0.25) is 0 Å². The van der Waals surface area contributed by atoms with Crippen molar-refractivity contribution in [1.82, 2.24) is 5.32 Å². The SMILES string of the molecule is Fc1ccc(-c2ccc(C3CNCCO3)cc2)cc1. The Morgan fingerprint density at radius 3 is 2.16 bits per heavy atom. The lowest BCUT2D eigenvalue weighted by Crippen LogP contribution is -2.33. The van der Waals surface area contributed by atoms with E-state index in [1.807, 2.05) is 0 Å². The second-order valence-corrected chi connectivity index (χ2v) is 4.69. The molecule has 98 valence electrons. The largest absolute Gasteiger partial charge is 0.371 e. The highest BCUT2D eigenvalue weighted by Gasteiger charge is 2.15. The van der Waals surface area contributed by atoms with Gasteiger partial charge < -0.3 is 10.1 Å². The lowest BCUT2D eigenvalue weighted by atomic mass is 10.0. The molecule has 0 aromatic heterocycles. The van der Waals surface area contributed by atoms with Gasteiger partial charge in [0.2, 0.25) is 0 Å². The Hall–Kier alpha value is -1.71. The van der Waals surface area contributed by atoms with E-state index in [0.29, 0.717) is 0 Å². The molecule has 1 N–H and O–H groups in total. The normalized spacial score (nSPS) is 19.3. The van der Waals surface area contributed by atoms with Gasteiger partial charge >= 0.3 is 0 Å². The van der Waals surface area contributed by atoms with Crippen LogP contribution in [-0.2, 0) is 4.74 Å². The lowest BCUT2D eigenvalue weighted by molar-refractivity contribution is 0.0277. The Labute approximate surface area is 112 Å². The van der Waals surface area contributed by atoms with Gasteiger partial charge in [-0.05, 0) is 28.8 Å². The Bertz CT molecular complexity index is 530. The molecule has 0 aliphatic carbocycles. The summed E-state index contributed by atoms with van der Waals surface area (Å²) in [5.74, 6) is -0.206. The maximum atomic E-state index is 12.9. The second-order valence-electron chi connectivity index (χ2n) is 4.69. The summed E-state index contributed by atoms with van der Waals surface area (Å²) in [7, 11) is 0. The van der Waals surface area contributed by atoms with Gasteiger partial charge in [0.15, 0.2) is 0 Å². The molecule has 2 aromatic rings.